The highest BCUT2D eigenvalue weighted by atomic mass is 16.3. The lowest BCUT2D eigenvalue weighted by Crippen LogP contribution is -2.10. The van der Waals surface area contributed by atoms with Crippen LogP contribution in [0.4, 0.5) is 17.1 Å². The average Bonchev–Trinajstić information content (AvgIpc) is 3.98. The van der Waals surface area contributed by atoms with E-state index in [-0.39, 0.29) is 0 Å². The summed E-state index contributed by atoms with van der Waals surface area (Å²) in [4.78, 5) is 2.35. The molecule has 0 saturated carbocycles. The number of benzene rings is 10. The predicted molar refractivity (Wildman–Crippen MR) is 250 cm³/mol. The van der Waals surface area contributed by atoms with Gasteiger partial charge in [0.25, 0.3) is 0 Å². The van der Waals surface area contributed by atoms with E-state index in [0.717, 1.165) is 77.6 Å². The molecule has 280 valence electrons. The van der Waals surface area contributed by atoms with Crippen molar-refractivity contribution in [3.63, 3.8) is 0 Å². The highest BCUT2D eigenvalue weighted by Crippen LogP contribution is 2.46. The molecule has 3 aromatic heterocycles. The van der Waals surface area contributed by atoms with Gasteiger partial charge in [-0.3, -0.25) is 0 Å². The summed E-state index contributed by atoms with van der Waals surface area (Å²) in [5, 5.41) is 11.6. The number of hydrogen-bond donors (Lipinski definition) is 0. The summed E-state index contributed by atoms with van der Waals surface area (Å²) >= 11 is 0. The molecule has 0 fully saturated rings. The van der Waals surface area contributed by atoms with Gasteiger partial charge in [-0.2, -0.15) is 0 Å². The van der Waals surface area contributed by atoms with Crippen molar-refractivity contribution in [1.82, 2.24) is 4.57 Å². The van der Waals surface area contributed by atoms with E-state index >= 15 is 0 Å². The van der Waals surface area contributed by atoms with Crippen molar-refractivity contribution >= 4 is 104 Å². The number of rotatable bonds is 5. The lowest BCUT2D eigenvalue weighted by molar-refractivity contribution is 0.669. The maximum atomic E-state index is 6.74. The molecule has 10 aromatic carbocycles. The largest absolute Gasteiger partial charge is 0.456 e. The summed E-state index contributed by atoms with van der Waals surface area (Å²) in [6.07, 6.45) is 0. The molecule has 13 rings (SSSR count). The van der Waals surface area contributed by atoms with E-state index in [1.54, 1.807) is 0 Å². The second-order valence-corrected chi connectivity index (χ2v) is 15.7. The molecule has 0 radical (unpaired) electrons. The number of fused-ring (bicyclic) bond motifs is 12. The van der Waals surface area contributed by atoms with Gasteiger partial charge in [-0.05, 0) is 100 Å². The van der Waals surface area contributed by atoms with E-state index in [9.17, 15) is 0 Å². The molecule has 0 aliphatic heterocycles. The number of hydrogen-bond acceptors (Lipinski definition) is 3. The van der Waals surface area contributed by atoms with Gasteiger partial charge in [-0.15, -0.1) is 0 Å². The van der Waals surface area contributed by atoms with E-state index in [4.69, 9.17) is 8.83 Å². The molecule has 13 aromatic rings. The quantitative estimate of drug-likeness (QED) is 0.164. The van der Waals surface area contributed by atoms with E-state index in [2.05, 4.69) is 204 Å². The van der Waals surface area contributed by atoms with Gasteiger partial charge in [0.15, 0.2) is 0 Å². The van der Waals surface area contributed by atoms with Crippen LogP contribution in [-0.4, -0.2) is 4.57 Å². The Kier molecular flexibility index (Phi) is 6.98. The fourth-order valence-corrected chi connectivity index (χ4v) is 9.69. The van der Waals surface area contributed by atoms with E-state index < -0.39 is 0 Å². The molecule has 0 spiro atoms. The summed E-state index contributed by atoms with van der Waals surface area (Å²) < 4.78 is 15.6. The summed E-state index contributed by atoms with van der Waals surface area (Å²) in [7, 11) is 0. The van der Waals surface area contributed by atoms with Crippen LogP contribution in [0.15, 0.2) is 215 Å². The first-order valence-corrected chi connectivity index (χ1v) is 20.4. The number of anilines is 3. The van der Waals surface area contributed by atoms with Gasteiger partial charge < -0.3 is 18.3 Å². The third-order valence-electron chi connectivity index (χ3n) is 12.3. The van der Waals surface area contributed by atoms with Crippen LogP contribution in [0.3, 0.4) is 0 Å². The monoisotopic (exact) mass is 766 g/mol. The molecule has 0 unspecified atom stereocenters. The predicted octanol–water partition coefficient (Wildman–Crippen LogP) is 16.0. The van der Waals surface area contributed by atoms with Gasteiger partial charge in [0.2, 0.25) is 0 Å². The van der Waals surface area contributed by atoms with Crippen molar-refractivity contribution in [3.05, 3.63) is 206 Å². The highest BCUT2D eigenvalue weighted by molar-refractivity contribution is 6.18. The van der Waals surface area contributed by atoms with Crippen LogP contribution in [0, 0.1) is 0 Å². The van der Waals surface area contributed by atoms with Gasteiger partial charge >= 0.3 is 0 Å². The molecule has 4 heteroatoms. The molecule has 0 N–H and O–H groups in total. The lowest BCUT2D eigenvalue weighted by Gasteiger charge is -2.27. The molecule has 3 heterocycles. The fraction of sp³-hybridized carbons (Fsp3) is 0. The van der Waals surface area contributed by atoms with E-state index in [1.165, 1.54) is 43.5 Å². The zero-order valence-corrected chi connectivity index (χ0v) is 32.3. The summed E-state index contributed by atoms with van der Waals surface area (Å²) in [6.45, 7) is 0. The first kappa shape index (κ1) is 32.9. The van der Waals surface area contributed by atoms with E-state index in [0.29, 0.717) is 0 Å². The van der Waals surface area contributed by atoms with Crippen molar-refractivity contribution in [3.8, 4) is 16.8 Å². The maximum Gasteiger partial charge on any atom is 0.137 e. The van der Waals surface area contributed by atoms with Crippen LogP contribution in [-0.2, 0) is 0 Å². The minimum Gasteiger partial charge on any atom is -0.456 e. The number of aromatic nitrogens is 1. The number of para-hydroxylation sites is 3. The van der Waals surface area contributed by atoms with Gasteiger partial charge in [-0.25, -0.2) is 0 Å². The third kappa shape index (κ3) is 4.85. The Hall–Kier alpha value is -8.08. The van der Waals surface area contributed by atoms with Crippen molar-refractivity contribution in [2.24, 2.45) is 0 Å². The smallest absolute Gasteiger partial charge is 0.137 e. The lowest BCUT2D eigenvalue weighted by atomic mass is 9.97. The molecule has 0 saturated heterocycles. The Labute approximate surface area is 344 Å². The van der Waals surface area contributed by atoms with Crippen LogP contribution < -0.4 is 4.90 Å². The molecule has 0 aliphatic carbocycles. The molecule has 4 nitrogen and oxygen atoms in total. The Balaban J connectivity index is 1.01. The Morgan fingerprint density at radius 3 is 1.75 bits per heavy atom. The first-order chi connectivity index (χ1) is 29.7. The molecule has 0 bridgehead atoms. The van der Waals surface area contributed by atoms with Crippen molar-refractivity contribution < 1.29 is 8.83 Å². The molecule has 0 aliphatic rings. The molecule has 60 heavy (non-hydrogen) atoms. The number of nitrogens with zero attached hydrogens (tertiary/aromatic N) is 2. The van der Waals surface area contributed by atoms with Crippen molar-refractivity contribution in [2.75, 3.05) is 4.90 Å². The van der Waals surface area contributed by atoms with Crippen LogP contribution in [0.1, 0.15) is 0 Å². The standard InChI is InChI=1S/C56H34N2O2/c1-2-14-37(15-3-1)58-49-22-10-8-20-47(49)56-41(21-12-23-50(56)58)36-25-30-53-48(31-36)46-29-27-39(34-55(46)60-53)57(38-26-28-45-44-19-9-11-24-52(44)59-54(45)33-38)51-32-35-13-4-5-16-40(35)42-17-6-7-18-43(42)51/h1-34H. The number of furan rings is 2. The van der Waals surface area contributed by atoms with Crippen LogP contribution in [0.2, 0.25) is 0 Å². The summed E-state index contributed by atoms with van der Waals surface area (Å²) in [6, 6.07) is 73.7. The van der Waals surface area contributed by atoms with Crippen molar-refractivity contribution in [1.29, 1.82) is 0 Å². The molecular formula is C56H34N2O2. The van der Waals surface area contributed by atoms with Gasteiger partial charge in [0.1, 0.15) is 22.3 Å². The van der Waals surface area contributed by atoms with Gasteiger partial charge in [0, 0.05) is 66.9 Å². The summed E-state index contributed by atoms with van der Waals surface area (Å²) in [5.74, 6) is 0. The minimum atomic E-state index is 0.832. The normalized spacial score (nSPS) is 12.0. The topological polar surface area (TPSA) is 34.5 Å². The molecular weight excluding hydrogens is 733 g/mol. The zero-order chi connectivity index (χ0) is 39.3. The zero-order valence-electron chi connectivity index (χ0n) is 32.3. The Morgan fingerprint density at radius 2 is 0.950 bits per heavy atom. The second-order valence-electron chi connectivity index (χ2n) is 15.7. The third-order valence-corrected chi connectivity index (χ3v) is 12.3. The first-order valence-electron chi connectivity index (χ1n) is 20.4. The molecule has 0 amide bonds. The van der Waals surface area contributed by atoms with Crippen LogP contribution in [0.5, 0.6) is 0 Å². The Morgan fingerprint density at radius 1 is 0.350 bits per heavy atom. The van der Waals surface area contributed by atoms with Crippen LogP contribution in [0.25, 0.3) is 104 Å². The van der Waals surface area contributed by atoms with E-state index in [1.807, 2.05) is 12.1 Å². The molecule has 0 atom stereocenters. The van der Waals surface area contributed by atoms with Gasteiger partial charge in [0.05, 0.1) is 16.7 Å². The van der Waals surface area contributed by atoms with Crippen LogP contribution >= 0.6 is 0 Å². The SMILES string of the molecule is c1ccc(-n2c3ccccc3c3c(-c4ccc5oc6cc(N(c7ccc8c(c7)oc7ccccc78)c7cc8ccccc8c8ccccc78)ccc6c5c4)cccc32)cc1. The maximum absolute atomic E-state index is 6.74. The minimum absolute atomic E-state index is 0.832. The fourth-order valence-electron chi connectivity index (χ4n) is 9.69. The Bertz CT molecular complexity index is 3850. The highest BCUT2D eigenvalue weighted by Gasteiger charge is 2.22. The summed E-state index contributed by atoms with van der Waals surface area (Å²) in [5.41, 5.74) is 12.4. The average molecular weight is 767 g/mol. The van der Waals surface area contributed by atoms with Gasteiger partial charge in [-0.1, -0.05) is 121 Å². The van der Waals surface area contributed by atoms with Crippen molar-refractivity contribution in [2.45, 2.75) is 0 Å². The second kappa shape index (κ2) is 12.7.